The lowest BCUT2D eigenvalue weighted by atomic mass is 10.0. The van der Waals surface area contributed by atoms with Crippen LogP contribution in [0.3, 0.4) is 0 Å². The molecule has 1 aromatic rings. The minimum Gasteiger partial charge on any atom is -0.365 e. The number of pyridine rings is 1. The maximum atomic E-state index is 11.5. The SMILES string of the molecule is CC1(C)OCc2cc(CN)c(=O)[nH]c21. The van der Waals surface area contributed by atoms with E-state index in [1.807, 2.05) is 19.9 Å². The number of nitrogens with two attached hydrogens (primary N) is 1. The number of aromatic nitrogens is 1. The van der Waals surface area contributed by atoms with Crippen LogP contribution in [-0.2, 0) is 23.5 Å². The predicted molar refractivity (Wildman–Crippen MR) is 52.8 cm³/mol. The second-order valence-electron chi connectivity index (χ2n) is 4.03. The zero-order valence-corrected chi connectivity index (χ0v) is 8.39. The van der Waals surface area contributed by atoms with E-state index in [1.165, 1.54) is 0 Å². The van der Waals surface area contributed by atoms with Gasteiger partial charge in [0.2, 0.25) is 0 Å². The summed E-state index contributed by atoms with van der Waals surface area (Å²) in [6.45, 7) is 4.70. The summed E-state index contributed by atoms with van der Waals surface area (Å²) >= 11 is 0. The van der Waals surface area contributed by atoms with Gasteiger partial charge in [0.05, 0.1) is 12.3 Å². The molecule has 0 amide bonds. The van der Waals surface area contributed by atoms with Crippen LogP contribution in [0.4, 0.5) is 0 Å². The van der Waals surface area contributed by atoms with E-state index < -0.39 is 0 Å². The van der Waals surface area contributed by atoms with E-state index in [4.69, 9.17) is 10.5 Å². The zero-order chi connectivity index (χ0) is 10.3. The molecule has 14 heavy (non-hydrogen) atoms. The van der Waals surface area contributed by atoms with Crippen LogP contribution in [0.2, 0.25) is 0 Å². The first-order chi connectivity index (χ1) is 6.54. The maximum absolute atomic E-state index is 11.5. The summed E-state index contributed by atoms with van der Waals surface area (Å²) in [4.78, 5) is 14.3. The van der Waals surface area contributed by atoms with Gasteiger partial charge in [-0.1, -0.05) is 0 Å². The standard InChI is InChI=1S/C10H14N2O2/c1-10(2)8-7(5-14-10)3-6(4-11)9(13)12-8/h3H,4-5,11H2,1-2H3,(H,12,13). The summed E-state index contributed by atoms with van der Waals surface area (Å²) in [5, 5.41) is 0. The lowest BCUT2D eigenvalue weighted by Gasteiger charge is -2.17. The lowest BCUT2D eigenvalue weighted by molar-refractivity contribution is -0.0102. The van der Waals surface area contributed by atoms with Gasteiger partial charge in [0.25, 0.3) is 5.56 Å². The number of hydrogen-bond acceptors (Lipinski definition) is 3. The van der Waals surface area contributed by atoms with E-state index in [9.17, 15) is 4.79 Å². The van der Waals surface area contributed by atoms with E-state index in [1.54, 1.807) is 0 Å². The fraction of sp³-hybridized carbons (Fsp3) is 0.500. The number of ether oxygens (including phenoxy) is 1. The van der Waals surface area contributed by atoms with E-state index in [-0.39, 0.29) is 17.7 Å². The van der Waals surface area contributed by atoms with Gasteiger partial charge in [0, 0.05) is 17.7 Å². The van der Waals surface area contributed by atoms with Crippen molar-refractivity contribution in [2.45, 2.75) is 32.6 Å². The monoisotopic (exact) mass is 194 g/mol. The molecule has 0 aliphatic carbocycles. The summed E-state index contributed by atoms with van der Waals surface area (Å²) in [5.74, 6) is 0. The van der Waals surface area contributed by atoms with Gasteiger partial charge >= 0.3 is 0 Å². The number of nitrogens with one attached hydrogen (secondary N) is 1. The highest BCUT2D eigenvalue weighted by Gasteiger charge is 2.32. The highest BCUT2D eigenvalue weighted by Crippen LogP contribution is 2.33. The van der Waals surface area contributed by atoms with Crippen molar-refractivity contribution in [2.75, 3.05) is 0 Å². The van der Waals surface area contributed by atoms with Crippen molar-refractivity contribution in [1.29, 1.82) is 0 Å². The summed E-state index contributed by atoms with van der Waals surface area (Å²) in [5.41, 5.74) is 7.49. The minimum atomic E-state index is -0.387. The molecule has 0 saturated carbocycles. The second kappa shape index (κ2) is 2.93. The van der Waals surface area contributed by atoms with Crippen molar-refractivity contribution < 1.29 is 4.74 Å². The Morgan fingerprint density at radius 2 is 2.36 bits per heavy atom. The van der Waals surface area contributed by atoms with Crippen molar-refractivity contribution in [1.82, 2.24) is 4.98 Å². The molecule has 4 nitrogen and oxygen atoms in total. The Labute approximate surface area is 82.1 Å². The van der Waals surface area contributed by atoms with Crippen LogP contribution in [0, 0.1) is 0 Å². The van der Waals surface area contributed by atoms with Gasteiger partial charge in [-0.25, -0.2) is 0 Å². The molecule has 1 aliphatic heterocycles. The molecule has 4 heteroatoms. The maximum Gasteiger partial charge on any atom is 0.252 e. The Bertz CT molecular complexity index is 421. The van der Waals surface area contributed by atoms with Gasteiger partial charge in [0.1, 0.15) is 5.60 Å². The van der Waals surface area contributed by atoms with E-state index in [0.29, 0.717) is 12.2 Å². The van der Waals surface area contributed by atoms with Crippen LogP contribution in [0.5, 0.6) is 0 Å². The van der Waals surface area contributed by atoms with Crippen molar-refractivity contribution in [3.63, 3.8) is 0 Å². The Balaban J connectivity index is 2.61. The van der Waals surface area contributed by atoms with E-state index in [0.717, 1.165) is 11.3 Å². The smallest absolute Gasteiger partial charge is 0.252 e. The first-order valence-electron chi connectivity index (χ1n) is 4.64. The van der Waals surface area contributed by atoms with Crippen LogP contribution in [0.15, 0.2) is 10.9 Å². The van der Waals surface area contributed by atoms with Crippen molar-refractivity contribution in [2.24, 2.45) is 5.73 Å². The molecule has 0 saturated heterocycles. The molecule has 1 aliphatic rings. The molecule has 0 fully saturated rings. The topological polar surface area (TPSA) is 68.1 Å². The molecule has 3 N–H and O–H groups in total. The largest absolute Gasteiger partial charge is 0.365 e. The fourth-order valence-electron chi connectivity index (χ4n) is 1.76. The molecule has 0 atom stereocenters. The van der Waals surface area contributed by atoms with Crippen LogP contribution < -0.4 is 11.3 Å². The Hall–Kier alpha value is -1.13. The molecular formula is C10H14N2O2. The lowest BCUT2D eigenvalue weighted by Crippen LogP contribution is -2.23. The van der Waals surface area contributed by atoms with Crippen LogP contribution in [-0.4, -0.2) is 4.98 Å². The van der Waals surface area contributed by atoms with Gasteiger partial charge in [-0.2, -0.15) is 0 Å². The number of hydrogen-bond donors (Lipinski definition) is 2. The highest BCUT2D eigenvalue weighted by atomic mass is 16.5. The molecule has 76 valence electrons. The molecular weight excluding hydrogens is 180 g/mol. The Morgan fingerprint density at radius 3 is 3.00 bits per heavy atom. The molecule has 0 unspecified atom stereocenters. The predicted octanol–water partition coefficient (Wildman–Crippen LogP) is 0.599. The van der Waals surface area contributed by atoms with Gasteiger partial charge in [-0.15, -0.1) is 0 Å². The Morgan fingerprint density at radius 1 is 1.64 bits per heavy atom. The molecule has 0 spiro atoms. The van der Waals surface area contributed by atoms with Gasteiger partial charge in [0.15, 0.2) is 0 Å². The Kier molecular flexibility index (Phi) is 1.97. The number of rotatable bonds is 1. The van der Waals surface area contributed by atoms with E-state index >= 15 is 0 Å². The highest BCUT2D eigenvalue weighted by molar-refractivity contribution is 5.31. The first kappa shape index (κ1) is 9.43. The summed E-state index contributed by atoms with van der Waals surface area (Å²) in [6, 6.07) is 1.84. The summed E-state index contributed by atoms with van der Waals surface area (Å²) in [6.07, 6.45) is 0. The number of H-pyrrole nitrogens is 1. The molecule has 1 aromatic heterocycles. The third-order valence-corrected chi connectivity index (χ3v) is 2.61. The average molecular weight is 194 g/mol. The van der Waals surface area contributed by atoms with E-state index in [2.05, 4.69) is 4.98 Å². The van der Waals surface area contributed by atoms with Crippen LogP contribution >= 0.6 is 0 Å². The first-order valence-corrected chi connectivity index (χ1v) is 4.64. The van der Waals surface area contributed by atoms with Gasteiger partial charge < -0.3 is 15.5 Å². The third kappa shape index (κ3) is 1.27. The third-order valence-electron chi connectivity index (χ3n) is 2.61. The molecule has 2 heterocycles. The van der Waals surface area contributed by atoms with Crippen LogP contribution in [0.1, 0.15) is 30.7 Å². The fourth-order valence-corrected chi connectivity index (χ4v) is 1.76. The van der Waals surface area contributed by atoms with Crippen molar-refractivity contribution >= 4 is 0 Å². The summed E-state index contributed by atoms with van der Waals surface area (Å²) < 4.78 is 5.55. The second-order valence-corrected chi connectivity index (χ2v) is 4.03. The zero-order valence-electron chi connectivity index (χ0n) is 8.39. The van der Waals surface area contributed by atoms with Gasteiger partial charge in [-0.3, -0.25) is 4.79 Å². The minimum absolute atomic E-state index is 0.107. The van der Waals surface area contributed by atoms with Crippen molar-refractivity contribution in [3.05, 3.63) is 33.2 Å². The number of aromatic amines is 1. The van der Waals surface area contributed by atoms with Gasteiger partial charge in [-0.05, 0) is 19.9 Å². The molecule has 0 bridgehead atoms. The molecule has 0 aromatic carbocycles. The van der Waals surface area contributed by atoms with Crippen molar-refractivity contribution in [3.8, 4) is 0 Å². The molecule has 0 radical (unpaired) electrons. The number of fused-ring (bicyclic) bond motifs is 1. The molecule has 2 rings (SSSR count). The average Bonchev–Trinajstić information content (AvgIpc) is 2.42. The van der Waals surface area contributed by atoms with Crippen LogP contribution in [0.25, 0.3) is 0 Å². The summed E-state index contributed by atoms with van der Waals surface area (Å²) in [7, 11) is 0. The quantitative estimate of drug-likeness (QED) is 0.687. The normalized spacial score (nSPS) is 18.2.